The average molecular weight is 407 g/mol. The SMILES string of the molecule is Cc1ccc(-n2nnnc2SCC(=O)c2cccc(N3CCCC3=O)c2)cc1C. The predicted octanol–water partition coefficient (Wildman–Crippen LogP) is 3.38. The molecule has 8 heteroatoms. The first kappa shape index (κ1) is 19.3. The van der Waals surface area contributed by atoms with Crippen LogP contribution in [0.4, 0.5) is 5.69 Å². The van der Waals surface area contributed by atoms with Crippen LogP contribution in [0.1, 0.15) is 34.3 Å². The van der Waals surface area contributed by atoms with Crippen molar-refractivity contribution in [2.24, 2.45) is 0 Å². The number of thioether (sulfide) groups is 1. The molecule has 1 fully saturated rings. The van der Waals surface area contributed by atoms with Crippen molar-refractivity contribution in [1.29, 1.82) is 0 Å². The molecule has 0 bridgehead atoms. The van der Waals surface area contributed by atoms with Gasteiger partial charge in [0.1, 0.15) is 0 Å². The van der Waals surface area contributed by atoms with Gasteiger partial charge in [-0.25, -0.2) is 0 Å². The number of benzene rings is 2. The van der Waals surface area contributed by atoms with E-state index < -0.39 is 0 Å². The number of carbonyl (C=O) groups is 2. The van der Waals surface area contributed by atoms with Crippen LogP contribution in [0.3, 0.4) is 0 Å². The van der Waals surface area contributed by atoms with E-state index >= 15 is 0 Å². The summed E-state index contributed by atoms with van der Waals surface area (Å²) in [6.45, 7) is 4.80. The van der Waals surface area contributed by atoms with E-state index in [2.05, 4.69) is 22.4 Å². The van der Waals surface area contributed by atoms with Crippen LogP contribution in [0.15, 0.2) is 47.6 Å². The molecule has 0 atom stereocenters. The molecule has 3 aromatic rings. The molecular weight excluding hydrogens is 386 g/mol. The maximum absolute atomic E-state index is 12.7. The molecule has 0 saturated carbocycles. The molecular formula is C21H21N5O2S. The Bertz CT molecular complexity index is 1080. The lowest BCUT2D eigenvalue weighted by Crippen LogP contribution is -2.23. The number of rotatable bonds is 6. The number of hydrogen-bond donors (Lipinski definition) is 0. The highest BCUT2D eigenvalue weighted by molar-refractivity contribution is 7.99. The van der Waals surface area contributed by atoms with Crippen molar-refractivity contribution in [3.63, 3.8) is 0 Å². The van der Waals surface area contributed by atoms with Crippen LogP contribution in [-0.4, -0.2) is 44.2 Å². The van der Waals surface area contributed by atoms with Gasteiger partial charge in [0.2, 0.25) is 11.1 Å². The van der Waals surface area contributed by atoms with Gasteiger partial charge >= 0.3 is 0 Å². The molecule has 148 valence electrons. The Morgan fingerprint density at radius 2 is 1.97 bits per heavy atom. The zero-order valence-corrected chi connectivity index (χ0v) is 17.1. The minimum absolute atomic E-state index is 0.0295. The van der Waals surface area contributed by atoms with Gasteiger partial charge in [0.15, 0.2) is 5.78 Å². The van der Waals surface area contributed by atoms with Crippen molar-refractivity contribution in [2.45, 2.75) is 31.8 Å². The van der Waals surface area contributed by atoms with Gasteiger partial charge in [-0.2, -0.15) is 4.68 Å². The number of hydrogen-bond acceptors (Lipinski definition) is 6. The van der Waals surface area contributed by atoms with Crippen LogP contribution in [-0.2, 0) is 4.79 Å². The van der Waals surface area contributed by atoms with Gasteiger partial charge in [-0.3, -0.25) is 9.59 Å². The Kier molecular flexibility index (Phi) is 5.44. The summed E-state index contributed by atoms with van der Waals surface area (Å²) in [7, 11) is 0. The van der Waals surface area contributed by atoms with E-state index in [1.807, 2.05) is 37.3 Å². The summed E-state index contributed by atoms with van der Waals surface area (Å²) in [5.74, 6) is 0.289. The minimum atomic E-state index is -0.0295. The largest absolute Gasteiger partial charge is 0.312 e. The third-order valence-electron chi connectivity index (χ3n) is 5.06. The summed E-state index contributed by atoms with van der Waals surface area (Å²) < 4.78 is 1.64. The second-order valence-electron chi connectivity index (χ2n) is 7.05. The highest BCUT2D eigenvalue weighted by atomic mass is 32.2. The Balaban J connectivity index is 1.48. The van der Waals surface area contributed by atoms with E-state index in [4.69, 9.17) is 0 Å². The smallest absolute Gasteiger partial charge is 0.227 e. The second-order valence-corrected chi connectivity index (χ2v) is 8.00. The molecule has 7 nitrogen and oxygen atoms in total. The third-order valence-corrected chi connectivity index (χ3v) is 5.98. The van der Waals surface area contributed by atoms with Crippen molar-refractivity contribution in [3.05, 3.63) is 59.2 Å². The van der Waals surface area contributed by atoms with Crippen molar-refractivity contribution < 1.29 is 9.59 Å². The van der Waals surface area contributed by atoms with E-state index in [0.29, 0.717) is 23.7 Å². The molecule has 0 unspecified atom stereocenters. The molecule has 1 aliphatic heterocycles. The zero-order valence-electron chi connectivity index (χ0n) is 16.3. The Morgan fingerprint density at radius 3 is 2.72 bits per heavy atom. The summed E-state index contributed by atoms with van der Waals surface area (Å²) in [6, 6.07) is 13.3. The molecule has 1 aromatic heterocycles. The second kappa shape index (κ2) is 8.16. The number of carbonyl (C=O) groups excluding carboxylic acids is 2. The lowest BCUT2D eigenvalue weighted by atomic mass is 10.1. The fraction of sp³-hybridized carbons (Fsp3) is 0.286. The van der Waals surface area contributed by atoms with E-state index in [1.54, 1.807) is 21.7 Å². The number of nitrogens with zero attached hydrogens (tertiary/aromatic N) is 5. The summed E-state index contributed by atoms with van der Waals surface area (Å²) in [5.41, 5.74) is 4.58. The van der Waals surface area contributed by atoms with Crippen molar-refractivity contribution in [3.8, 4) is 5.69 Å². The molecule has 1 amide bonds. The predicted molar refractivity (Wildman–Crippen MR) is 112 cm³/mol. The number of aromatic nitrogens is 4. The molecule has 0 spiro atoms. The van der Waals surface area contributed by atoms with Gasteiger partial charge in [-0.15, -0.1) is 5.10 Å². The summed E-state index contributed by atoms with van der Waals surface area (Å²) >= 11 is 1.30. The van der Waals surface area contributed by atoms with Crippen molar-refractivity contribution >= 4 is 29.1 Å². The first-order valence-corrected chi connectivity index (χ1v) is 10.4. The Morgan fingerprint density at radius 1 is 1.10 bits per heavy atom. The van der Waals surface area contributed by atoms with Crippen molar-refractivity contribution in [1.82, 2.24) is 20.2 Å². The normalized spacial score (nSPS) is 13.9. The number of tetrazole rings is 1. The van der Waals surface area contributed by atoms with Crippen LogP contribution >= 0.6 is 11.8 Å². The highest BCUT2D eigenvalue weighted by Crippen LogP contribution is 2.24. The molecule has 0 N–H and O–H groups in total. The molecule has 4 rings (SSSR count). The topological polar surface area (TPSA) is 81.0 Å². The Labute approximate surface area is 173 Å². The van der Waals surface area contributed by atoms with Crippen LogP contribution in [0.25, 0.3) is 5.69 Å². The van der Waals surface area contributed by atoms with Gasteiger partial charge in [0.05, 0.1) is 11.4 Å². The fourth-order valence-corrected chi connectivity index (χ4v) is 4.06. The van der Waals surface area contributed by atoms with E-state index in [1.165, 1.54) is 17.3 Å². The first-order chi connectivity index (χ1) is 14.0. The van der Waals surface area contributed by atoms with Crippen LogP contribution < -0.4 is 4.90 Å². The highest BCUT2D eigenvalue weighted by Gasteiger charge is 2.22. The van der Waals surface area contributed by atoms with Gasteiger partial charge in [0.25, 0.3) is 0 Å². The molecule has 2 heterocycles. The standard InChI is InChI=1S/C21H21N5O2S/c1-14-8-9-18(11-15(14)2)26-21(22-23-24-26)29-13-19(27)16-5-3-6-17(12-16)25-10-4-7-20(25)28/h3,5-6,8-9,11-12H,4,7,10,13H2,1-2H3. The molecule has 0 radical (unpaired) electrons. The monoisotopic (exact) mass is 407 g/mol. The lowest BCUT2D eigenvalue weighted by Gasteiger charge is -2.16. The third kappa shape index (κ3) is 4.07. The van der Waals surface area contributed by atoms with Gasteiger partial charge < -0.3 is 4.90 Å². The van der Waals surface area contributed by atoms with Crippen LogP contribution in [0.2, 0.25) is 0 Å². The van der Waals surface area contributed by atoms with Crippen LogP contribution in [0, 0.1) is 13.8 Å². The summed E-state index contributed by atoms with van der Waals surface area (Å²) in [4.78, 5) is 26.4. The van der Waals surface area contributed by atoms with Gasteiger partial charge in [-0.1, -0.05) is 30.0 Å². The zero-order chi connectivity index (χ0) is 20.4. The van der Waals surface area contributed by atoms with Gasteiger partial charge in [0, 0.05) is 24.2 Å². The molecule has 29 heavy (non-hydrogen) atoms. The first-order valence-electron chi connectivity index (χ1n) is 9.45. The molecule has 2 aromatic carbocycles. The number of amides is 1. The molecule has 1 aliphatic rings. The van der Waals surface area contributed by atoms with Gasteiger partial charge in [-0.05, 0) is 66.1 Å². The summed E-state index contributed by atoms with van der Waals surface area (Å²) in [5, 5.41) is 12.4. The van der Waals surface area contributed by atoms with E-state index in [-0.39, 0.29) is 17.4 Å². The quantitative estimate of drug-likeness (QED) is 0.460. The van der Waals surface area contributed by atoms with Crippen molar-refractivity contribution in [2.75, 3.05) is 17.2 Å². The summed E-state index contributed by atoms with van der Waals surface area (Å²) in [6.07, 6.45) is 1.42. The molecule has 1 saturated heterocycles. The van der Waals surface area contributed by atoms with E-state index in [0.717, 1.165) is 23.4 Å². The molecule has 0 aliphatic carbocycles. The average Bonchev–Trinajstić information content (AvgIpc) is 3.37. The number of ketones is 1. The number of aryl methyl sites for hydroxylation is 2. The number of Topliss-reactive ketones (excluding diaryl/α,β-unsaturated/α-hetero) is 1. The maximum Gasteiger partial charge on any atom is 0.227 e. The Hall–Kier alpha value is -3.00. The van der Waals surface area contributed by atoms with E-state index in [9.17, 15) is 9.59 Å². The minimum Gasteiger partial charge on any atom is -0.312 e. The maximum atomic E-state index is 12.7. The van der Waals surface area contributed by atoms with Crippen LogP contribution in [0.5, 0.6) is 0 Å². The number of anilines is 1. The fourth-order valence-electron chi connectivity index (χ4n) is 3.27. The lowest BCUT2D eigenvalue weighted by molar-refractivity contribution is -0.117.